The van der Waals surface area contributed by atoms with Crippen LogP contribution >= 0.6 is 0 Å². The first-order valence-electron chi connectivity index (χ1n) is 5.85. The average Bonchev–Trinajstić information content (AvgIpc) is 2.44. The summed E-state index contributed by atoms with van der Waals surface area (Å²) in [6, 6.07) is 6.73. The second-order valence-electron chi connectivity index (χ2n) is 3.73. The highest BCUT2D eigenvalue weighted by Crippen LogP contribution is 2.24. The smallest absolute Gasteiger partial charge is 0.378 e. The Balaban J connectivity index is 2.98. The van der Waals surface area contributed by atoms with Crippen molar-refractivity contribution in [3.05, 3.63) is 35.9 Å². The maximum atomic E-state index is 11.3. The molecule has 19 heavy (non-hydrogen) atoms. The normalized spacial score (nSPS) is 10.9. The van der Waals surface area contributed by atoms with Crippen molar-refractivity contribution in [1.82, 2.24) is 0 Å². The highest BCUT2D eigenvalue weighted by atomic mass is 16.5. The standard InChI is InChI=1S/C14H16O5/c1-3-8-19-13-7-5-4-6-10(13)11(15)9-12(16)14(17)18-2/h4-7,9,15H,3,8H2,1-2H3/b11-9-. The van der Waals surface area contributed by atoms with Crippen LogP contribution in [0.15, 0.2) is 30.3 Å². The van der Waals surface area contributed by atoms with Crippen molar-refractivity contribution in [2.24, 2.45) is 0 Å². The summed E-state index contributed by atoms with van der Waals surface area (Å²) < 4.78 is 9.72. The van der Waals surface area contributed by atoms with Crippen LogP contribution in [0.4, 0.5) is 0 Å². The third-order valence-electron chi connectivity index (χ3n) is 2.28. The van der Waals surface area contributed by atoms with E-state index in [1.54, 1.807) is 24.3 Å². The van der Waals surface area contributed by atoms with Crippen LogP contribution in [0.5, 0.6) is 5.75 Å². The minimum absolute atomic E-state index is 0.331. The molecular formula is C14H16O5. The molecule has 0 aliphatic rings. The fourth-order valence-corrected chi connectivity index (χ4v) is 1.38. The van der Waals surface area contributed by atoms with Gasteiger partial charge in [-0.1, -0.05) is 19.1 Å². The number of ether oxygens (including phenoxy) is 2. The predicted molar refractivity (Wildman–Crippen MR) is 69.9 cm³/mol. The quantitative estimate of drug-likeness (QED) is 0.369. The summed E-state index contributed by atoms with van der Waals surface area (Å²) in [6.07, 6.45) is 1.64. The van der Waals surface area contributed by atoms with Crippen LogP contribution in [-0.2, 0) is 14.3 Å². The van der Waals surface area contributed by atoms with Gasteiger partial charge in [-0.3, -0.25) is 4.79 Å². The zero-order chi connectivity index (χ0) is 14.3. The Morgan fingerprint density at radius 3 is 2.63 bits per heavy atom. The second kappa shape index (κ2) is 7.20. The van der Waals surface area contributed by atoms with Gasteiger partial charge in [0.25, 0.3) is 5.78 Å². The number of hydrogen-bond acceptors (Lipinski definition) is 5. The molecule has 0 spiro atoms. The fourth-order valence-electron chi connectivity index (χ4n) is 1.38. The SMILES string of the molecule is CCCOc1ccccc1/C(O)=C/C(=O)C(=O)OC. The molecule has 1 aromatic rings. The minimum atomic E-state index is -1.03. The van der Waals surface area contributed by atoms with E-state index in [-0.39, 0.29) is 5.76 Å². The number of ketones is 1. The van der Waals surface area contributed by atoms with E-state index in [1.807, 2.05) is 6.92 Å². The Morgan fingerprint density at radius 2 is 2.00 bits per heavy atom. The van der Waals surface area contributed by atoms with Crippen LogP contribution in [-0.4, -0.2) is 30.6 Å². The first kappa shape index (κ1) is 14.8. The van der Waals surface area contributed by atoms with Crippen molar-refractivity contribution in [3.63, 3.8) is 0 Å². The molecule has 0 atom stereocenters. The first-order valence-corrected chi connectivity index (χ1v) is 5.85. The van der Waals surface area contributed by atoms with E-state index in [0.717, 1.165) is 19.6 Å². The molecule has 1 aromatic carbocycles. The van der Waals surface area contributed by atoms with E-state index in [4.69, 9.17) is 4.74 Å². The number of benzene rings is 1. The minimum Gasteiger partial charge on any atom is -0.507 e. The second-order valence-corrected chi connectivity index (χ2v) is 3.73. The number of para-hydroxylation sites is 1. The van der Waals surface area contributed by atoms with Gasteiger partial charge in [-0.15, -0.1) is 0 Å². The highest BCUT2D eigenvalue weighted by Gasteiger charge is 2.14. The number of esters is 1. The van der Waals surface area contributed by atoms with Gasteiger partial charge in [-0.2, -0.15) is 0 Å². The Kier molecular flexibility index (Phi) is 5.60. The van der Waals surface area contributed by atoms with Crippen LogP contribution in [0, 0.1) is 0 Å². The third kappa shape index (κ3) is 4.13. The number of hydrogen-bond donors (Lipinski definition) is 1. The number of carbonyl (C=O) groups excluding carboxylic acids is 2. The molecule has 1 N–H and O–H groups in total. The van der Waals surface area contributed by atoms with Gasteiger partial charge in [-0.05, 0) is 18.6 Å². The molecule has 0 amide bonds. The Morgan fingerprint density at radius 1 is 1.32 bits per heavy atom. The molecule has 0 heterocycles. The van der Waals surface area contributed by atoms with E-state index < -0.39 is 11.8 Å². The van der Waals surface area contributed by atoms with Crippen molar-refractivity contribution in [2.45, 2.75) is 13.3 Å². The summed E-state index contributed by atoms with van der Waals surface area (Å²) in [4.78, 5) is 22.3. The Hall–Kier alpha value is -2.30. The van der Waals surface area contributed by atoms with Crippen LogP contribution in [0.1, 0.15) is 18.9 Å². The molecule has 0 saturated carbocycles. The molecule has 1 rings (SSSR count). The summed E-state index contributed by atoms with van der Waals surface area (Å²) >= 11 is 0. The zero-order valence-corrected chi connectivity index (χ0v) is 10.9. The maximum absolute atomic E-state index is 11.3. The Labute approximate surface area is 111 Å². The summed E-state index contributed by atoms with van der Waals surface area (Å²) in [6.45, 7) is 2.45. The molecular weight excluding hydrogens is 248 g/mol. The maximum Gasteiger partial charge on any atom is 0.378 e. The van der Waals surface area contributed by atoms with Gasteiger partial charge < -0.3 is 14.6 Å². The number of carbonyl (C=O) groups is 2. The molecule has 102 valence electrons. The van der Waals surface area contributed by atoms with E-state index in [0.29, 0.717) is 17.9 Å². The fraction of sp³-hybridized carbons (Fsp3) is 0.286. The topological polar surface area (TPSA) is 72.8 Å². The molecule has 0 saturated heterocycles. The lowest BCUT2D eigenvalue weighted by atomic mass is 10.1. The van der Waals surface area contributed by atoms with Crippen molar-refractivity contribution >= 4 is 17.5 Å². The summed E-state index contributed by atoms with van der Waals surface area (Å²) in [7, 11) is 1.10. The average molecular weight is 264 g/mol. The van der Waals surface area contributed by atoms with Gasteiger partial charge in [0.15, 0.2) is 0 Å². The van der Waals surface area contributed by atoms with Gasteiger partial charge in [0.1, 0.15) is 11.5 Å². The van der Waals surface area contributed by atoms with Gasteiger partial charge in [0.2, 0.25) is 0 Å². The van der Waals surface area contributed by atoms with Crippen LogP contribution in [0.2, 0.25) is 0 Å². The Bertz CT molecular complexity index is 490. The van der Waals surface area contributed by atoms with Crippen molar-refractivity contribution in [1.29, 1.82) is 0 Å². The van der Waals surface area contributed by atoms with E-state index in [1.165, 1.54) is 0 Å². The largest absolute Gasteiger partial charge is 0.507 e. The molecule has 0 aliphatic heterocycles. The van der Waals surface area contributed by atoms with Crippen molar-refractivity contribution in [3.8, 4) is 5.75 Å². The lowest BCUT2D eigenvalue weighted by Gasteiger charge is -2.09. The van der Waals surface area contributed by atoms with E-state index in [2.05, 4.69) is 4.74 Å². The lowest BCUT2D eigenvalue weighted by Crippen LogP contribution is -2.13. The molecule has 5 nitrogen and oxygen atoms in total. The van der Waals surface area contributed by atoms with Gasteiger partial charge in [0, 0.05) is 6.08 Å². The summed E-state index contributed by atoms with van der Waals surface area (Å²) in [5.74, 6) is -1.83. The monoisotopic (exact) mass is 264 g/mol. The number of rotatable bonds is 6. The number of aliphatic hydroxyl groups excluding tert-OH is 1. The first-order chi connectivity index (χ1) is 9.10. The van der Waals surface area contributed by atoms with Crippen molar-refractivity contribution in [2.75, 3.05) is 13.7 Å². The molecule has 0 aromatic heterocycles. The molecule has 5 heteroatoms. The van der Waals surface area contributed by atoms with Crippen LogP contribution < -0.4 is 4.74 Å². The lowest BCUT2D eigenvalue weighted by molar-refractivity contribution is -0.149. The van der Waals surface area contributed by atoms with Gasteiger partial charge in [0.05, 0.1) is 19.3 Å². The number of methoxy groups -OCH3 is 1. The summed E-state index contributed by atoms with van der Waals surface area (Å²) in [5.41, 5.74) is 0.355. The zero-order valence-electron chi connectivity index (χ0n) is 10.9. The van der Waals surface area contributed by atoms with Gasteiger partial charge >= 0.3 is 5.97 Å². The van der Waals surface area contributed by atoms with E-state index in [9.17, 15) is 14.7 Å². The van der Waals surface area contributed by atoms with E-state index >= 15 is 0 Å². The molecule has 0 radical (unpaired) electrons. The van der Waals surface area contributed by atoms with Crippen LogP contribution in [0.3, 0.4) is 0 Å². The third-order valence-corrected chi connectivity index (χ3v) is 2.28. The van der Waals surface area contributed by atoms with Crippen molar-refractivity contribution < 1.29 is 24.2 Å². The molecule has 0 fully saturated rings. The number of aliphatic hydroxyl groups is 1. The highest BCUT2D eigenvalue weighted by molar-refractivity contribution is 6.39. The molecule has 0 bridgehead atoms. The molecule has 0 aliphatic carbocycles. The summed E-state index contributed by atoms with van der Waals surface area (Å²) in [5, 5.41) is 9.87. The molecule has 0 unspecified atom stereocenters. The van der Waals surface area contributed by atoms with Gasteiger partial charge in [-0.25, -0.2) is 4.79 Å². The van der Waals surface area contributed by atoms with Crippen LogP contribution in [0.25, 0.3) is 5.76 Å². The predicted octanol–water partition coefficient (Wildman–Crippen LogP) is 2.12.